The van der Waals surface area contributed by atoms with E-state index in [1.807, 2.05) is 26.0 Å². The smallest absolute Gasteiger partial charge is 0.161 e. The molecule has 1 aliphatic heterocycles. The highest BCUT2D eigenvalue weighted by atomic mass is 35.5. The van der Waals surface area contributed by atoms with Crippen LogP contribution in [0.15, 0.2) is 17.0 Å². The van der Waals surface area contributed by atoms with E-state index in [1.54, 1.807) is 0 Å². The maximum Gasteiger partial charge on any atom is 0.161 e. The molecule has 1 aromatic rings. The van der Waals surface area contributed by atoms with Crippen LogP contribution in [0.2, 0.25) is 0 Å². The molecular weight excluding hydrogens is 438 g/mol. The lowest BCUT2D eigenvalue weighted by atomic mass is 9.97. The maximum atomic E-state index is 10.3. The second kappa shape index (κ2) is 13.7. The summed E-state index contributed by atoms with van der Waals surface area (Å²) in [4.78, 5) is 0.576. The number of nitrogens with zero attached hydrogens (tertiary/aromatic N) is 1. The van der Waals surface area contributed by atoms with E-state index >= 15 is 0 Å². The number of halogens is 1. The first-order valence-electron chi connectivity index (χ1n) is 10.2. The van der Waals surface area contributed by atoms with Gasteiger partial charge in [-0.3, -0.25) is 0 Å². The highest BCUT2D eigenvalue weighted by Crippen LogP contribution is 2.37. The van der Waals surface area contributed by atoms with Gasteiger partial charge >= 0.3 is 0 Å². The van der Waals surface area contributed by atoms with E-state index in [0.29, 0.717) is 36.2 Å². The van der Waals surface area contributed by atoms with Crippen molar-refractivity contribution < 1.29 is 20.1 Å². The van der Waals surface area contributed by atoms with Gasteiger partial charge in [0.2, 0.25) is 0 Å². The fraction of sp³-hybridized carbons (Fsp3) is 0.591. The number of thioether (sulfide) groups is 1. The molecule has 0 amide bonds. The van der Waals surface area contributed by atoms with E-state index in [9.17, 15) is 10.4 Å². The molecular formula is C22H36ClN3O4S. The first-order chi connectivity index (χ1) is 13.8. The molecule has 1 atom stereocenters. The molecule has 1 unspecified atom stereocenters. The van der Waals surface area contributed by atoms with Crippen LogP contribution in [0.25, 0.3) is 5.70 Å². The SMILES string of the molecule is CCOc1cc2c(cc1OCC)C(=C(C#N)SCC(O)CNC(C)(C)C)NCC2.Cl.O. The van der Waals surface area contributed by atoms with Gasteiger partial charge < -0.3 is 30.7 Å². The van der Waals surface area contributed by atoms with Crippen molar-refractivity contribution in [2.24, 2.45) is 0 Å². The quantitative estimate of drug-likeness (QED) is 0.472. The number of aliphatic hydroxyl groups excluding tert-OH is 1. The summed E-state index contributed by atoms with van der Waals surface area (Å²) in [7, 11) is 0. The number of nitriles is 1. The number of nitrogens with one attached hydrogen (secondary N) is 2. The first-order valence-corrected chi connectivity index (χ1v) is 11.1. The Morgan fingerprint density at radius 3 is 2.42 bits per heavy atom. The number of hydrogen-bond acceptors (Lipinski definition) is 7. The summed E-state index contributed by atoms with van der Waals surface area (Å²) in [6.07, 6.45) is 0.317. The Hall–Kier alpha value is -1.63. The van der Waals surface area contributed by atoms with Crippen molar-refractivity contribution in [1.82, 2.24) is 10.6 Å². The van der Waals surface area contributed by atoms with Crippen molar-refractivity contribution in [3.63, 3.8) is 0 Å². The van der Waals surface area contributed by atoms with Crippen LogP contribution in [-0.2, 0) is 6.42 Å². The standard InChI is InChI=1S/C22H33N3O3S.ClH.H2O/c1-6-27-18-10-15-8-9-24-21(17(15)11-19(18)28-7-2)20(12-23)29-14-16(26)13-25-22(3,4)5;;/h10-11,16,24-26H,6-9,13-14H2,1-5H3;1H;1H2. The Bertz CT molecular complexity index is 775. The third kappa shape index (κ3) is 8.79. The van der Waals surface area contributed by atoms with Gasteiger partial charge in [-0.25, -0.2) is 0 Å². The summed E-state index contributed by atoms with van der Waals surface area (Å²) in [6, 6.07) is 6.29. The summed E-state index contributed by atoms with van der Waals surface area (Å²) in [5.74, 6) is 1.87. The summed E-state index contributed by atoms with van der Waals surface area (Å²) in [5.41, 5.74) is 2.85. The summed E-state index contributed by atoms with van der Waals surface area (Å²) in [6.45, 7) is 12.4. The molecule has 1 heterocycles. The molecule has 2 rings (SSSR count). The Labute approximate surface area is 196 Å². The van der Waals surface area contributed by atoms with Crippen molar-refractivity contribution in [2.45, 2.75) is 52.7 Å². The molecule has 0 fully saturated rings. The monoisotopic (exact) mass is 473 g/mol. The van der Waals surface area contributed by atoms with E-state index in [4.69, 9.17) is 9.47 Å². The van der Waals surface area contributed by atoms with Crippen LogP contribution in [0.5, 0.6) is 11.5 Å². The minimum Gasteiger partial charge on any atom is -0.490 e. The van der Waals surface area contributed by atoms with Crippen molar-refractivity contribution in [1.29, 1.82) is 5.26 Å². The molecule has 1 aromatic carbocycles. The molecule has 0 aliphatic carbocycles. The average Bonchev–Trinajstić information content (AvgIpc) is 2.67. The highest BCUT2D eigenvalue weighted by Gasteiger charge is 2.22. The predicted octanol–water partition coefficient (Wildman–Crippen LogP) is 2.90. The lowest BCUT2D eigenvalue weighted by Crippen LogP contribution is -2.41. The number of ether oxygens (including phenoxy) is 2. The zero-order valence-electron chi connectivity index (χ0n) is 19.0. The van der Waals surface area contributed by atoms with Gasteiger partial charge in [-0.1, -0.05) is 0 Å². The van der Waals surface area contributed by atoms with Crippen LogP contribution in [0, 0.1) is 11.3 Å². The number of hydrogen-bond donors (Lipinski definition) is 3. The third-order valence-corrected chi connectivity index (χ3v) is 5.49. The van der Waals surface area contributed by atoms with Gasteiger partial charge in [0.15, 0.2) is 11.5 Å². The van der Waals surface area contributed by atoms with E-state index in [1.165, 1.54) is 11.8 Å². The van der Waals surface area contributed by atoms with Gasteiger partial charge in [-0.05, 0) is 58.7 Å². The van der Waals surface area contributed by atoms with Crippen LogP contribution in [0.1, 0.15) is 45.7 Å². The minimum absolute atomic E-state index is 0. The third-order valence-electron chi connectivity index (χ3n) is 4.35. The summed E-state index contributed by atoms with van der Waals surface area (Å²) < 4.78 is 11.5. The molecule has 9 heteroatoms. The Kier molecular flexibility index (Phi) is 13.0. The van der Waals surface area contributed by atoms with Crippen LogP contribution in [0.3, 0.4) is 0 Å². The Balaban J connectivity index is 0.00000450. The maximum absolute atomic E-state index is 10.3. The minimum atomic E-state index is -0.537. The normalized spacial score (nSPS) is 15.3. The zero-order chi connectivity index (χ0) is 21.4. The number of benzene rings is 1. The number of aliphatic hydroxyl groups is 1. The van der Waals surface area contributed by atoms with Gasteiger partial charge in [-0.2, -0.15) is 5.26 Å². The molecule has 7 nitrogen and oxygen atoms in total. The van der Waals surface area contributed by atoms with Gasteiger partial charge in [0.05, 0.1) is 25.0 Å². The van der Waals surface area contributed by atoms with Gasteiger partial charge in [-0.15, -0.1) is 24.2 Å². The molecule has 0 saturated heterocycles. The van der Waals surface area contributed by atoms with E-state index in [-0.39, 0.29) is 23.4 Å². The molecule has 0 bridgehead atoms. The van der Waals surface area contributed by atoms with E-state index in [2.05, 4.69) is 37.5 Å². The molecule has 0 spiro atoms. The summed E-state index contributed by atoms with van der Waals surface area (Å²) >= 11 is 1.38. The Morgan fingerprint density at radius 2 is 1.87 bits per heavy atom. The van der Waals surface area contributed by atoms with Crippen molar-refractivity contribution >= 4 is 29.9 Å². The molecule has 0 aromatic heterocycles. The number of fused-ring (bicyclic) bond motifs is 1. The number of allylic oxidation sites excluding steroid dienone is 1. The zero-order valence-corrected chi connectivity index (χ0v) is 20.6. The molecule has 0 saturated carbocycles. The van der Waals surface area contributed by atoms with E-state index < -0.39 is 6.10 Å². The largest absolute Gasteiger partial charge is 0.490 e. The van der Waals surface area contributed by atoms with Crippen LogP contribution >= 0.6 is 24.2 Å². The van der Waals surface area contributed by atoms with Gasteiger partial charge in [0.25, 0.3) is 0 Å². The molecule has 176 valence electrons. The van der Waals surface area contributed by atoms with Gasteiger partial charge in [0.1, 0.15) is 11.0 Å². The summed E-state index contributed by atoms with van der Waals surface area (Å²) in [5, 5.41) is 26.7. The number of rotatable bonds is 9. The predicted molar refractivity (Wildman–Crippen MR) is 130 cm³/mol. The van der Waals surface area contributed by atoms with Crippen molar-refractivity contribution in [3.05, 3.63) is 28.2 Å². The topological polar surface area (TPSA) is 118 Å². The fourth-order valence-electron chi connectivity index (χ4n) is 3.02. The van der Waals surface area contributed by atoms with Crippen molar-refractivity contribution in [2.75, 3.05) is 32.1 Å². The van der Waals surface area contributed by atoms with E-state index in [0.717, 1.165) is 35.5 Å². The second-order valence-corrected chi connectivity index (χ2v) is 8.94. The number of β-amino-alcohol motifs (C(OH)–C–C–N with tert-alkyl or cyclic N) is 1. The Morgan fingerprint density at radius 1 is 1.26 bits per heavy atom. The molecule has 1 aliphatic rings. The van der Waals surface area contributed by atoms with Crippen LogP contribution in [-0.4, -0.2) is 54.3 Å². The highest BCUT2D eigenvalue weighted by molar-refractivity contribution is 8.03. The average molecular weight is 474 g/mol. The molecule has 5 N–H and O–H groups in total. The lowest BCUT2D eigenvalue weighted by Gasteiger charge is -2.25. The fourth-order valence-corrected chi connectivity index (χ4v) is 3.89. The van der Waals surface area contributed by atoms with Crippen molar-refractivity contribution in [3.8, 4) is 17.6 Å². The second-order valence-electron chi connectivity index (χ2n) is 7.91. The molecule has 31 heavy (non-hydrogen) atoms. The molecule has 0 radical (unpaired) electrons. The first kappa shape index (κ1) is 29.4. The van der Waals surface area contributed by atoms with Gasteiger partial charge in [0, 0.05) is 29.9 Å². The van der Waals surface area contributed by atoms with Crippen LogP contribution in [0.4, 0.5) is 0 Å². The lowest BCUT2D eigenvalue weighted by molar-refractivity contribution is 0.183. The van der Waals surface area contributed by atoms with Crippen LogP contribution < -0.4 is 20.1 Å².